The van der Waals surface area contributed by atoms with Gasteiger partial charge in [0.1, 0.15) is 12.1 Å². The first-order chi connectivity index (χ1) is 10.8. The monoisotopic (exact) mass is 314 g/mol. The van der Waals surface area contributed by atoms with Gasteiger partial charge in [0.05, 0.1) is 11.6 Å². The topological polar surface area (TPSA) is 50.1 Å². The smallest absolute Gasteiger partial charge is 0.163 e. The number of aryl methyl sites for hydroxylation is 1. The first-order valence-corrected chi connectivity index (χ1v) is 8.31. The van der Waals surface area contributed by atoms with Crippen LogP contribution in [0.25, 0.3) is 11.0 Å². The maximum Gasteiger partial charge on any atom is 0.163 e. The van der Waals surface area contributed by atoms with E-state index in [2.05, 4.69) is 42.4 Å². The van der Waals surface area contributed by atoms with Crippen molar-refractivity contribution in [2.45, 2.75) is 6.54 Å². The highest BCUT2D eigenvalue weighted by atomic mass is 32.1. The predicted molar refractivity (Wildman–Crippen MR) is 88.1 cm³/mol. The number of fused-ring (bicyclic) bond motifs is 1. The quantitative estimate of drug-likeness (QED) is 0.737. The van der Waals surface area contributed by atoms with Gasteiger partial charge >= 0.3 is 0 Å². The van der Waals surface area contributed by atoms with Gasteiger partial charge in [0, 0.05) is 44.6 Å². The Kier molecular flexibility index (Phi) is 3.51. The summed E-state index contributed by atoms with van der Waals surface area (Å²) in [5.74, 6) is 1.01. The molecule has 0 N–H and O–H groups in total. The van der Waals surface area contributed by atoms with Gasteiger partial charge in [-0.3, -0.25) is 9.58 Å². The van der Waals surface area contributed by atoms with Crippen LogP contribution in [0.3, 0.4) is 0 Å². The van der Waals surface area contributed by atoms with E-state index in [4.69, 9.17) is 0 Å². The Labute approximate surface area is 133 Å². The summed E-state index contributed by atoms with van der Waals surface area (Å²) in [5.41, 5.74) is 0.894. The first-order valence-electron chi connectivity index (χ1n) is 7.43. The van der Waals surface area contributed by atoms with Crippen LogP contribution in [0.2, 0.25) is 0 Å². The molecule has 1 saturated heterocycles. The van der Waals surface area contributed by atoms with Gasteiger partial charge in [-0.25, -0.2) is 9.97 Å². The van der Waals surface area contributed by atoms with Crippen molar-refractivity contribution in [2.24, 2.45) is 7.05 Å². The zero-order valence-electron chi connectivity index (χ0n) is 12.5. The van der Waals surface area contributed by atoms with E-state index in [1.807, 2.05) is 24.6 Å². The number of rotatable bonds is 3. The van der Waals surface area contributed by atoms with E-state index in [9.17, 15) is 0 Å². The van der Waals surface area contributed by atoms with Gasteiger partial charge in [-0.1, -0.05) is 6.07 Å². The standard InChI is InChI=1S/C15H18N6S/c1-19-14-13(9-18-19)15(17-11-16-14)21-6-4-20(5-7-21)10-12-3-2-8-22-12/h2-3,8-9,11H,4-7,10H2,1H3. The molecule has 0 aromatic carbocycles. The summed E-state index contributed by atoms with van der Waals surface area (Å²) in [6.07, 6.45) is 3.50. The number of piperazine rings is 1. The summed E-state index contributed by atoms with van der Waals surface area (Å²) in [6, 6.07) is 4.33. The second kappa shape index (κ2) is 5.66. The van der Waals surface area contributed by atoms with Crippen molar-refractivity contribution < 1.29 is 0 Å². The van der Waals surface area contributed by atoms with Crippen molar-refractivity contribution in [2.75, 3.05) is 31.1 Å². The minimum atomic E-state index is 0.894. The Morgan fingerprint density at radius 2 is 2.05 bits per heavy atom. The fourth-order valence-corrected chi connectivity index (χ4v) is 3.69. The molecule has 3 aromatic heterocycles. The van der Waals surface area contributed by atoms with Gasteiger partial charge in [0.2, 0.25) is 0 Å². The summed E-state index contributed by atoms with van der Waals surface area (Å²) >= 11 is 1.83. The molecule has 3 aromatic rings. The maximum absolute atomic E-state index is 4.49. The zero-order valence-corrected chi connectivity index (χ0v) is 13.3. The molecule has 6 nitrogen and oxygen atoms in total. The molecule has 1 aliphatic heterocycles. The molecule has 22 heavy (non-hydrogen) atoms. The number of thiophene rings is 1. The fourth-order valence-electron chi connectivity index (χ4n) is 2.94. The number of anilines is 1. The van der Waals surface area contributed by atoms with Crippen molar-refractivity contribution in [3.63, 3.8) is 0 Å². The van der Waals surface area contributed by atoms with E-state index < -0.39 is 0 Å². The molecule has 4 heterocycles. The Morgan fingerprint density at radius 1 is 1.18 bits per heavy atom. The number of aromatic nitrogens is 4. The average Bonchev–Trinajstić information content (AvgIpc) is 3.18. The first kappa shape index (κ1) is 13.7. The lowest BCUT2D eigenvalue weighted by Crippen LogP contribution is -2.46. The third kappa shape index (κ3) is 2.46. The van der Waals surface area contributed by atoms with E-state index in [1.54, 1.807) is 11.0 Å². The van der Waals surface area contributed by atoms with Gasteiger partial charge in [0.25, 0.3) is 0 Å². The Bertz CT molecular complexity index is 758. The van der Waals surface area contributed by atoms with Crippen LogP contribution < -0.4 is 4.90 Å². The molecular formula is C15H18N6S. The Morgan fingerprint density at radius 3 is 2.82 bits per heavy atom. The van der Waals surface area contributed by atoms with Crippen LogP contribution >= 0.6 is 11.3 Å². The third-order valence-electron chi connectivity index (χ3n) is 4.14. The van der Waals surface area contributed by atoms with E-state index in [-0.39, 0.29) is 0 Å². The lowest BCUT2D eigenvalue weighted by atomic mass is 10.2. The lowest BCUT2D eigenvalue weighted by molar-refractivity contribution is 0.251. The normalized spacial score (nSPS) is 16.5. The maximum atomic E-state index is 4.49. The third-order valence-corrected chi connectivity index (χ3v) is 5.00. The van der Waals surface area contributed by atoms with E-state index >= 15 is 0 Å². The van der Waals surface area contributed by atoms with Gasteiger partial charge in [-0.05, 0) is 11.4 Å². The second-order valence-corrected chi connectivity index (χ2v) is 6.58. The summed E-state index contributed by atoms with van der Waals surface area (Å²) in [7, 11) is 1.91. The number of nitrogens with zero attached hydrogens (tertiary/aromatic N) is 6. The van der Waals surface area contributed by atoms with Gasteiger partial charge in [-0.15, -0.1) is 11.3 Å². The largest absolute Gasteiger partial charge is 0.353 e. The molecule has 7 heteroatoms. The minimum Gasteiger partial charge on any atom is -0.353 e. The number of hydrogen-bond acceptors (Lipinski definition) is 6. The zero-order chi connectivity index (χ0) is 14.9. The minimum absolute atomic E-state index is 0.894. The molecule has 4 rings (SSSR count). The molecule has 0 radical (unpaired) electrons. The van der Waals surface area contributed by atoms with Crippen molar-refractivity contribution in [3.05, 3.63) is 34.9 Å². The van der Waals surface area contributed by atoms with Crippen LogP contribution in [0.15, 0.2) is 30.0 Å². The van der Waals surface area contributed by atoms with Crippen LogP contribution in [0, 0.1) is 0 Å². The van der Waals surface area contributed by atoms with Crippen LogP contribution in [0.4, 0.5) is 5.82 Å². The van der Waals surface area contributed by atoms with Crippen LogP contribution in [-0.2, 0) is 13.6 Å². The molecule has 0 amide bonds. The molecule has 1 fully saturated rings. The molecule has 0 atom stereocenters. The van der Waals surface area contributed by atoms with E-state index in [0.717, 1.165) is 49.6 Å². The summed E-state index contributed by atoms with van der Waals surface area (Å²) < 4.78 is 1.80. The van der Waals surface area contributed by atoms with Crippen molar-refractivity contribution >= 4 is 28.2 Å². The summed E-state index contributed by atoms with van der Waals surface area (Å²) in [5, 5.41) is 7.48. The molecule has 114 valence electrons. The highest BCUT2D eigenvalue weighted by Gasteiger charge is 2.21. The van der Waals surface area contributed by atoms with Crippen LogP contribution in [-0.4, -0.2) is 50.8 Å². The molecule has 0 unspecified atom stereocenters. The SMILES string of the molecule is Cn1ncc2c(N3CCN(Cc4cccs4)CC3)ncnc21. The molecule has 0 saturated carbocycles. The highest BCUT2D eigenvalue weighted by molar-refractivity contribution is 7.09. The molecular weight excluding hydrogens is 296 g/mol. The molecule has 1 aliphatic rings. The lowest BCUT2D eigenvalue weighted by Gasteiger charge is -2.35. The Balaban J connectivity index is 1.48. The van der Waals surface area contributed by atoms with Crippen molar-refractivity contribution in [1.82, 2.24) is 24.6 Å². The van der Waals surface area contributed by atoms with Gasteiger partial charge < -0.3 is 4.90 Å². The van der Waals surface area contributed by atoms with Gasteiger partial charge in [-0.2, -0.15) is 5.10 Å². The summed E-state index contributed by atoms with van der Waals surface area (Å²) in [4.78, 5) is 15.1. The van der Waals surface area contributed by atoms with E-state index in [0.29, 0.717) is 0 Å². The summed E-state index contributed by atoms with van der Waals surface area (Å²) in [6.45, 7) is 5.16. The molecule has 0 aliphatic carbocycles. The second-order valence-electron chi connectivity index (χ2n) is 5.55. The Hall–Kier alpha value is -1.99. The average molecular weight is 314 g/mol. The van der Waals surface area contributed by atoms with Crippen LogP contribution in [0.5, 0.6) is 0 Å². The number of hydrogen-bond donors (Lipinski definition) is 0. The molecule has 0 spiro atoms. The van der Waals surface area contributed by atoms with Crippen molar-refractivity contribution in [1.29, 1.82) is 0 Å². The van der Waals surface area contributed by atoms with Gasteiger partial charge in [0.15, 0.2) is 5.65 Å². The van der Waals surface area contributed by atoms with Crippen molar-refractivity contribution in [3.8, 4) is 0 Å². The molecule has 0 bridgehead atoms. The van der Waals surface area contributed by atoms with Crippen LogP contribution in [0.1, 0.15) is 4.88 Å². The van der Waals surface area contributed by atoms with E-state index in [1.165, 1.54) is 4.88 Å². The highest BCUT2D eigenvalue weighted by Crippen LogP contribution is 2.23. The fraction of sp³-hybridized carbons (Fsp3) is 0.400. The predicted octanol–water partition coefficient (Wildman–Crippen LogP) is 1.75.